The maximum Gasteiger partial charge on any atom is 0.324 e. The summed E-state index contributed by atoms with van der Waals surface area (Å²) < 4.78 is 16.9. The number of fused-ring (bicyclic) bond motifs is 1. The summed E-state index contributed by atoms with van der Waals surface area (Å²) in [6, 6.07) is 13.6. The highest BCUT2D eigenvalue weighted by atomic mass is 16.5. The van der Waals surface area contributed by atoms with E-state index in [2.05, 4.69) is 31.1 Å². The van der Waals surface area contributed by atoms with Crippen LogP contribution in [0.4, 0.5) is 22.0 Å². The summed E-state index contributed by atoms with van der Waals surface area (Å²) in [5.74, 6) is 1.86. The molecule has 0 spiro atoms. The molecule has 3 amide bonds. The molecule has 0 aliphatic rings. The van der Waals surface area contributed by atoms with Crippen molar-refractivity contribution in [3.8, 4) is 17.2 Å². The van der Waals surface area contributed by atoms with E-state index in [1.807, 2.05) is 26.8 Å². The Morgan fingerprint density at radius 2 is 1.72 bits per heavy atom. The van der Waals surface area contributed by atoms with Crippen molar-refractivity contribution >= 4 is 40.0 Å². The Balaban J connectivity index is 1.47. The Kier molecular flexibility index (Phi) is 8.30. The lowest BCUT2D eigenvalue weighted by atomic mass is 9.92. The van der Waals surface area contributed by atoms with Gasteiger partial charge in [0.25, 0.3) is 0 Å². The van der Waals surface area contributed by atoms with Crippen LogP contribution in [0.25, 0.3) is 10.9 Å². The first kappa shape index (κ1) is 27.4. The number of nitrogens with zero attached hydrogens (tertiary/aromatic N) is 2. The largest absolute Gasteiger partial charge is 0.489 e. The number of hydrogen-bond acceptors (Lipinski definition) is 7. The summed E-state index contributed by atoms with van der Waals surface area (Å²) in [5.41, 5.74) is 2.44. The molecule has 0 aliphatic carbocycles. The number of amides is 3. The van der Waals surface area contributed by atoms with Crippen molar-refractivity contribution in [3.05, 3.63) is 60.4 Å². The quantitative estimate of drug-likeness (QED) is 0.204. The highest BCUT2D eigenvalue weighted by molar-refractivity contribution is 5.99. The lowest BCUT2D eigenvalue weighted by molar-refractivity contribution is -0.114. The van der Waals surface area contributed by atoms with Crippen molar-refractivity contribution in [2.24, 2.45) is 0 Å². The summed E-state index contributed by atoms with van der Waals surface area (Å²) in [6.07, 6.45) is 1.63. The predicted molar refractivity (Wildman–Crippen MR) is 150 cm³/mol. The minimum Gasteiger partial charge on any atom is -0.489 e. The van der Waals surface area contributed by atoms with Gasteiger partial charge in [0.1, 0.15) is 29.7 Å². The number of benzene rings is 2. The standard InChI is InChI=1S/C28H32N6O5/c1-17(35)30-22-14-20-21(15-24(22)38-13-12-37-5)29-11-10-23(20)39-19-8-6-18(7-9-19)31-27(36)32-26-16-25(33-34-26)28(2,3)4/h6-11,14-16H,12-13H2,1-5H3,(H,30,35)(H3,31,32,33,34,36). The van der Waals surface area contributed by atoms with Gasteiger partial charge >= 0.3 is 6.03 Å². The average molecular weight is 533 g/mol. The Morgan fingerprint density at radius 3 is 2.38 bits per heavy atom. The second-order valence-electron chi connectivity index (χ2n) is 9.82. The number of aromatic amines is 1. The van der Waals surface area contributed by atoms with Gasteiger partial charge in [0.2, 0.25) is 5.91 Å². The maximum absolute atomic E-state index is 12.4. The Labute approximate surface area is 226 Å². The number of aromatic nitrogens is 3. The van der Waals surface area contributed by atoms with Crippen molar-refractivity contribution in [1.29, 1.82) is 0 Å². The number of hydrogen-bond donors (Lipinski definition) is 4. The van der Waals surface area contributed by atoms with E-state index in [0.29, 0.717) is 58.6 Å². The van der Waals surface area contributed by atoms with Crippen LogP contribution < -0.4 is 25.4 Å². The topological polar surface area (TPSA) is 139 Å². The lowest BCUT2D eigenvalue weighted by Crippen LogP contribution is -2.19. The van der Waals surface area contributed by atoms with Crippen LogP contribution in [0.5, 0.6) is 17.2 Å². The first-order valence-corrected chi connectivity index (χ1v) is 12.4. The van der Waals surface area contributed by atoms with E-state index in [0.717, 1.165) is 5.69 Å². The molecular formula is C28H32N6O5. The summed E-state index contributed by atoms with van der Waals surface area (Å²) in [6.45, 7) is 8.29. The molecule has 0 saturated heterocycles. The van der Waals surface area contributed by atoms with E-state index in [1.165, 1.54) is 6.92 Å². The lowest BCUT2D eigenvalue weighted by Gasteiger charge is -2.15. The Morgan fingerprint density at radius 1 is 0.949 bits per heavy atom. The zero-order valence-electron chi connectivity index (χ0n) is 22.5. The number of anilines is 3. The number of ether oxygens (including phenoxy) is 3. The molecule has 0 atom stereocenters. The van der Waals surface area contributed by atoms with Crippen molar-refractivity contribution in [3.63, 3.8) is 0 Å². The third-order valence-electron chi connectivity index (χ3n) is 5.59. The first-order chi connectivity index (χ1) is 18.6. The number of H-pyrrole nitrogens is 1. The van der Waals surface area contributed by atoms with Crippen molar-refractivity contribution in [1.82, 2.24) is 15.2 Å². The van der Waals surface area contributed by atoms with Gasteiger partial charge in [-0.1, -0.05) is 20.8 Å². The van der Waals surface area contributed by atoms with Gasteiger partial charge < -0.3 is 24.8 Å². The fraction of sp³-hybridized carbons (Fsp3) is 0.286. The molecule has 0 fully saturated rings. The average Bonchev–Trinajstić information content (AvgIpc) is 3.35. The van der Waals surface area contributed by atoms with Crippen LogP contribution in [0.15, 0.2) is 54.7 Å². The van der Waals surface area contributed by atoms with Gasteiger partial charge in [-0.25, -0.2) is 4.79 Å². The fourth-order valence-electron chi connectivity index (χ4n) is 3.67. The van der Waals surface area contributed by atoms with Crippen LogP contribution in [0, 0.1) is 0 Å². The van der Waals surface area contributed by atoms with Crippen LogP contribution in [-0.4, -0.2) is 47.4 Å². The molecule has 0 bridgehead atoms. The van der Waals surface area contributed by atoms with Crippen molar-refractivity contribution in [2.75, 3.05) is 36.3 Å². The molecule has 0 saturated carbocycles. The molecule has 4 rings (SSSR count). The van der Waals surface area contributed by atoms with E-state index >= 15 is 0 Å². The van der Waals surface area contributed by atoms with Crippen LogP contribution in [0.2, 0.25) is 0 Å². The molecule has 2 heterocycles. The summed E-state index contributed by atoms with van der Waals surface area (Å²) in [4.78, 5) is 28.6. The number of carbonyl (C=O) groups is 2. The second kappa shape index (κ2) is 11.8. The molecule has 2 aromatic carbocycles. The smallest absolute Gasteiger partial charge is 0.324 e. The number of carbonyl (C=O) groups excluding carboxylic acids is 2. The minimum absolute atomic E-state index is 0.130. The van der Waals surface area contributed by atoms with Gasteiger partial charge in [-0.05, 0) is 36.4 Å². The molecule has 39 heavy (non-hydrogen) atoms. The van der Waals surface area contributed by atoms with Crippen molar-refractivity contribution in [2.45, 2.75) is 33.1 Å². The zero-order chi connectivity index (χ0) is 28.0. The van der Waals surface area contributed by atoms with Crippen LogP contribution in [0.3, 0.4) is 0 Å². The number of pyridine rings is 1. The van der Waals surface area contributed by atoms with E-state index < -0.39 is 6.03 Å². The van der Waals surface area contributed by atoms with E-state index in [1.54, 1.807) is 55.8 Å². The monoisotopic (exact) mass is 532 g/mol. The Hall–Kier alpha value is -4.64. The molecule has 0 aliphatic heterocycles. The Bertz CT molecular complexity index is 1460. The van der Waals surface area contributed by atoms with Crippen LogP contribution in [0.1, 0.15) is 33.4 Å². The number of rotatable bonds is 9. The van der Waals surface area contributed by atoms with Crippen molar-refractivity contribution < 1.29 is 23.8 Å². The molecule has 11 heteroatoms. The van der Waals surface area contributed by atoms with Gasteiger partial charge in [-0.2, -0.15) is 5.10 Å². The van der Waals surface area contributed by atoms with Gasteiger partial charge in [0.05, 0.1) is 23.5 Å². The fourth-order valence-corrected chi connectivity index (χ4v) is 3.67. The van der Waals surface area contributed by atoms with Gasteiger partial charge in [0.15, 0.2) is 0 Å². The van der Waals surface area contributed by atoms with Crippen LogP contribution >= 0.6 is 0 Å². The molecular weight excluding hydrogens is 500 g/mol. The number of nitrogens with one attached hydrogen (secondary N) is 4. The zero-order valence-corrected chi connectivity index (χ0v) is 22.5. The summed E-state index contributed by atoms with van der Waals surface area (Å²) in [5, 5.41) is 16.1. The maximum atomic E-state index is 12.4. The molecule has 0 radical (unpaired) electrons. The normalized spacial score (nSPS) is 11.2. The molecule has 0 unspecified atom stereocenters. The SMILES string of the molecule is COCCOc1cc2nccc(Oc3ccc(NC(=O)Nc4cc(C(C)(C)C)n[nH]4)cc3)c2cc1NC(C)=O. The number of urea groups is 1. The summed E-state index contributed by atoms with van der Waals surface area (Å²) >= 11 is 0. The minimum atomic E-state index is -0.401. The van der Waals surface area contributed by atoms with Gasteiger partial charge in [-0.15, -0.1) is 0 Å². The molecule has 2 aromatic heterocycles. The summed E-state index contributed by atoms with van der Waals surface area (Å²) in [7, 11) is 1.59. The second-order valence-corrected chi connectivity index (χ2v) is 9.82. The molecule has 4 N–H and O–H groups in total. The highest BCUT2D eigenvalue weighted by Crippen LogP contribution is 2.36. The molecule has 204 valence electrons. The predicted octanol–water partition coefficient (Wildman–Crippen LogP) is 5.68. The van der Waals surface area contributed by atoms with Crippen LogP contribution in [-0.2, 0) is 14.9 Å². The van der Waals surface area contributed by atoms with Gasteiger partial charge in [-0.3, -0.25) is 20.2 Å². The highest BCUT2D eigenvalue weighted by Gasteiger charge is 2.18. The molecule has 11 nitrogen and oxygen atoms in total. The van der Waals surface area contributed by atoms with E-state index in [9.17, 15) is 9.59 Å². The van der Waals surface area contributed by atoms with E-state index in [4.69, 9.17) is 14.2 Å². The molecule has 4 aromatic rings. The third kappa shape index (κ3) is 7.23. The van der Waals surface area contributed by atoms with Gasteiger partial charge in [0, 0.05) is 48.9 Å². The number of methoxy groups -OCH3 is 1. The van der Waals surface area contributed by atoms with E-state index in [-0.39, 0.29) is 11.3 Å². The third-order valence-corrected chi connectivity index (χ3v) is 5.59. The first-order valence-electron chi connectivity index (χ1n) is 12.4.